The predicted molar refractivity (Wildman–Crippen MR) is 89.0 cm³/mol. The minimum atomic E-state index is -4.13. The fourth-order valence-corrected chi connectivity index (χ4v) is 3.82. The highest BCUT2D eigenvalue weighted by atomic mass is 32.2. The molecule has 0 radical (unpaired) electrons. The molecule has 3 N–H and O–H groups in total. The van der Waals surface area contributed by atoms with E-state index < -0.39 is 38.0 Å². The molecule has 0 saturated heterocycles. The number of carbonyl (C=O) groups excluding carboxylic acids is 2. The van der Waals surface area contributed by atoms with Gasteiger partial charge in [-0.25, -0.2) is 12.8 Å². The molecule has 12 heteroatoms. The van der Waals surface area contributed by atoms with Gasteiger partial charge >= 0.3 is 0 Å². The average molecular weight is 387 g/mol. The Morgan fingerprint density at radius 3 is 2.52 bits per heavy atom. The number of hydrogen-bond acceptors (Lipinski definition) is 7. The number of rotatable bonds is 6. The maximum absolute atomic E-state index is 13.5. The number of sulfonamides is 1. The van der Waals surface area contributed by atoms with Crippen molar-refractivity contribution in [2.45, 2.75) is 24.2 Å². The first-order valence-corrected chi connectivity index (χ1v) is 9.18. The van der Waals surface area contributed by atoms with Crippen LogP contribution < -0.4 is 15.4 Å². The first kappa shape index (κ1) is 18.9. The zero-order valence-electron chi connectivity index (χ0n) is 13.1. The number of aromatic nitrogens is 2. The fraction of sp³-hybridized carbons (Fsp3) is 0.231. The van der Waals surface area contributed by atoms with Gasteiger partial charge in [-0.05, 0) is 19.1 Å². The van der Waals surface area contributed by atoms with Gasteiger partial charge in [0.25, 0.3) is 10.0 Å². The lowest BCUT2D eigenvalue weighted by atomic mass is 10.2. The molecule has 1 aromatic heterocycles. The normalized spacial score (nSPS) is 12.4. The first-order chi connectivity index (χ1) is 11.7. The SMILES string of the molecule is CC(=O)Nc1nnc(S(=O)(=O)NC(C)C(=O)Nc2ccccc2F)s1. The van der Waals surface area contributed by atoms with E-state index in [9.17, 15) is 22.4 Å². The number of amides is 2. The van der Waals surface area contributed by atoms with E-state index in [-0.39, 0.29) is 10.8 Å². The van der Waals surface area contributed by atoms with E-state index in [0.29, 0.717) is 11.3 Å². The second-order valence-corrected chi connectivity index (χ2v) is 7.73. The van der Waals surface area contributed by atoms with Crippen LogP contribution in [0.4, 0.5) is 15.2 Å². The summed E-state index contributed by atoms with van der Waals surface area (Å²) < 4.78 is 39.6. The van der Waals surface area contributed by atoms with Crippen molar-refractivity contribution in [3.8, 4) is 0 Å². The van der Waals surface area contributed by atoms with Gasteiger partial charge in [-0.2, -0.15) is 4.72 Å². The molecule has 1 atom stereocenters. The second kappa shape index (κ2) is 7.63. The van der Waals surface area contributed by atoms with E-state index in [1.54, 1.807) is 0 Å². The quantitative estimate of drug-likeness (QED) is 0.633. The zero-order chi connectivity index (χ0) is 18.6. The van der Waals surface area contributed by atoms with Crippen molar-refractivity contribution in [3.63, 3.8) is 0 Å². The van der Waals surface area contributed by atoms with Crippen molar-refractivity contribution >= 4 is 44.0 Å². The third kappa shape index (κ3) is 5.01. The molecule has 2 aromatic rings. The lowest BCUT2D eigenvalue weighted by Crippen LogP contribution is -2.41. The molecular formula is C13H14FN5O4S2. The smallest absolute Gasteiger partial charge is 0.270 e. The Morgan fingerprint density at radius 2 is 1.88 bits per heavy atom. The maximum Gasteiger partial charge on any atom is 0.270 e. The van der Waals surface area contributed by atoms with E-state index in [0.717, 1.165) is 6.07 Å². The minimum absolute atomic E-state index is 0.0105. The topological polar surface area (TPSA) is 130 Å². The Hall–Kier alpha value is -2.44. The van der Waals surface area contributed by atoms with Crippen LogP contribution in [0.3, 0.4) is 0 Å². The van der Waals surface area contributed by atoms with Crippen LogP contribution in [0.15, 0.2) is 28.6 Å². The van der Waals surface area contributed by atoms with Gasteiger partial charge in [0, 0.05) is 6.92 Å². The van der Waals surface area contributed by atoms with Gasteiger partial charge in [-0.15, -0.1) is 10.2 Å². The van der Waals surface area contributed by atoms with E-state index in [2.05, 4.69) is 25.6 Å². The molecule has 2 rings (SSSR count). The second-order valence-electron chi connectivity index (χ2n) is 4.87. The summed E-state index contributed by atoms with van der Waals surface area (Å²) in [6.07, 6.45) is 0. The van der Waals surface area contributed by atoms with Crippen LogP contribution in [-0.4, -0.2) is 36.5 Å². The highest BCUT2D eigenvalue weighted by Crippen LogP contribution is 2.20. The third-order valence-corrected chi connectivity index (χ3v) is 5.52. The highest BCUT2D eigenvalue weighted by Gasteiger charge is 2.26. The molecule has 0 spiro atoms. The van der Waals surface area contributed by atoms with Gasteiger partial charge in [0.15, 0.2) is 0 Å². The number of para-hydroxylation sites is 1. The Balaban J connectivity index is 2.06. The van der Waals surface area contributed by atoms with Crippen molar-refractivity contribution < 1.29 is 22.4 Å². The number of nitrogens with zero attached hydrogens (tertiary/aromatic N) is 2. The molecule has 0 aliphatic rings. The van der Waals surface area contributed by atoms with E-state index >= 15 is 0 Å². The molecule has 0 bridgehead atoms. The van der Waals surface area contributed by atoms with Crippen LogP contribution in [0, 0.1) is 5.82 Å². The first-order valence-electron chi connectivity index (χ1n) is 6.88. The number of benzene rings is 1. The molecule has 1 unspecified atom stereocenters. The molecule has 25 heavy (non-hydrogen) atoms. The molecule has 1 aromatic carbocycles. The summed E-state index contributed by atoms with van der Waals surface area (Å²) in [5.41, 5.74) is -0.0672. The molecule has 0 aliphatic carbocycles. The molecule has 2 amide bonds. The molecule has 0 aliphatic heterocycles. The van der Waals surface area contributed by atoms with Crippen molar-refractivity contribution in [3.05, 3.63) is 30.1 Å². The van der Waals surface area contributed by atoms with Crippen LogP contribution in [0.25, 0.3) is 0 Å². The van der Waals surface area contributed by atoms with Crippen LogP contribution in [0.2, 0.25) is 0 Å². The standard InChI is InChI=1S/C13H14FN5O4S2/c1-7(11(21)16-10-6-4-3-5-9(10)14)19-25(22,23)13-18-17-12(24-13)15-8(2)20/h3-7,19H,1-2H3,(H,16,21)(H,15,17,20). The van der Waals surface area contributed by atoms with E-state index in [1.165, 1.54) is 32.0 Å². The Morgan fingerprint density at radius 1 is 1.20 bits per heavy atom. The Bertz CT molecular complexity index is 899. The summed E-state index contributed by atoms with van der Waals surface area (Å²) in [5.74, 6) is -1.82. The number of nitrogens with one attached hydrogen (secondary N) is 3. The maximum atomic E-state index is 13.5. The number of hydrogen-bond donors (Lipinski definition) is 3. The summed E-state index contributed by atoms with van der Waals surface area (Å²) in [6.45, 7) is 2.53. The number of anilines is 2. The minimum Gasteiger partial charge on any atom is -0.322 e. The van der Waals surface area contributed by atoms with Crippen LogP contribution in [0.5, 0.6) is 0 Å². The summed E-state index contributed by atoms with van der Waals surface area (Å²) >= 11 is 0.632. The third-order valence-electron chi connectivity index (χ3n) is 2.78. The molecule has 0 saturated carbocycles. The lowest BCUT2D eigenvalue weighted by molar-refractivity contribution is -0.117. The molecule has 1 heterocycles. The van der Waals surface area contributed by atoms with Crippen molar-refractivity contribution in [1.82, 2.24) is 14.9 Å². The molecular weight excluding hydrogens is 373 g/mol. The van der Waals surface area contributed by atoms with Gasteiger partial charge in [-0.1, -0.05) is 23.5 Å². The monoisotopic (exact) mass is 387 g/mol. The number of halogens is 1. The summed E-state index contributed by atoms with van der Waals surface area (Å²) in [7, 11) is -4.13. The Labute approximate surface area is 146 Å². The molecule has 134 valence electrons. The van der Waals surface area contributed by atoms with Crippen molar-refractivity contribution in [2.75, 3.05) is 10.6 Å². The fourth-order valence-electron chi connectivity index (χ4n) is 1.66. The lowest BCUT2D eigenvalue weighted by Gasteiger charge is -2.13. The van der Waals surface area contributed by atoms with Crippen LogP contribution >= 0.6 is 11.3 Å². The summed E-state index contributed by atoms with van der Waals surface area (Å²) in [6, 6.07) is 4.30. The molecule has 0 fully saturated rings. The predicted octanol–water partition coefficient (Wildman–Crippen LogP) is 0.941. The van der Waals surface area contributed by atoms with Crippen LogP contribution in [0.1, 0.15) is 13.8 Å². The number of carbonyl (C=O) groups is 2. The van der Waals surface area contributed by atoms with E-state index in [4.69, 9.17) is 0 Å². The van der Waals surface area contributed by atoms with Gasteiger partial charge in [0.2, 0.25) is 21.3 Å². The zero-order valence-corrected chi connectivity index (χ0v) is 14.7. The summed E-state index contributed by atoms with van der Waals surface area (Å²) in [4.78, 5) is 22.9. The molecule has 9 nitrogen and oxygen atoms in total. The highest BCUT2D eigenvalue weighted by molar-refractivity contribution is 7.91. The average Bonchev–Trinajstić information content (AvgIpc) is 2.97. The summed E-state index contributed by atoms with van der Waals surface area (Å²) in [5, 5.41) is 11.6. The van der Waals surface area contributed by atoms with Crippen LogP contribution in [-0.2, 0) is 19.6 Å². The largest absolute Gasteiger partial charge is 0.322 e. The van der Waals surface area contributed by atoms with Gasteiger partial charge in [0.1, 0.15) is 5.82 Å². The van der Waals surface area contributed by atoms with Gasteiger partial charge in [-0.3, -0.25) is 9.59 Å². The van der Waals surface area contributed by atoms with Gasteiger partial charge in [0.05, 0.1) is 11.7 Å². The van der Waals surface area contributed by atoms with Crippen molar-refractivity contribution in [2.24, 2.45) is 0 Å². The van der Waals surface area contributed by atoms with Gasteiger partial charge < -0.3 is 10.6 Å². The Kier molecular flexibility index (Phi) is 5.77. The van der Waals surface area contributed by atoms with E-state index in [1.807, 2.05) is 0 Å². The van der Waals surface area contributed by atoms with Crippen molar-refractivity contribution in [1.29, 1.82) is 0 Å².